The molecule has 1 amide bonds. The van der Waals surface area contributed by atoms with Crippen molar-refractivity contribution in [1.29, 1.82) is 0 Å². The molecule has 0 bridgehead atoms. The molecule has 0 fully saturated rings. The molecule has 0 unspecified atom stereocenters. The lowest BCUT2D eigenvalue weighted by molar-refractivity contribution is 0.0945. The van der Waals surface area contributed by atoms with Gasteiger partial charge in [-0.25, -0.2) is 4.98 Å². The van der Waals surface area contributed by atoms with Crippen molar-refractivity contribution in [2.45, 2.75) is 33.9 Å². The fraction of sp³-hybridized carbons (Fsp3) is 0.368. The Morgan fingerprint density at radius 3 is 2.39 bits per heavy atom. The summed E-state index contributed by atoms with van der Waals surface area (Å²) in [5.41, 5.74) is 3.72. The highest BCUT2D eigenvalue weighted by atomic mass is 16.1. The van der Waals surface area contributed by atoms with Gasteiger partial charge in [-0.3, -0.25) is 9.69 Å². The molecular formula is C19H25N3O. The third-order valence-electron chi connectivity index (χ3n) is 3.97. The van der Waals surface area contributed by atoms with Crippen LogP contribution in [0.5, 0.6) is 0 Å². The van der Waals surface area contributed by atoms with E-state index in [1.807, 2.05) is 31.2 Å². The van der Waals surface area contributed by atoms with Gasteiger partial charge in [0.15, 0.2) is 0 Å². The lowest BCUT2D eigenvalue weighted by Gasteiger charge is -2.20. The summed E-state index contributed by atoms with van der Waals surface area (Å²) in [4.78, 5) is 18.9. The van der Waals surface area contributed by atoms with Gasteiger partial charge < -0.3 is 5.32 Å². The molecule has 1 heterocycles. The molecule has 0 saturated carbocycles. The van der Waals surface area contributed by atoms with Crippen molar-refractivity contribution in [2.75, 3.05) is 13.1 Å². The fourth-order valence-electron chi connectivity index (χ4n) is 2.51. The van der Waals surface area contributed by atoms with Crippen molar-refractivity contribution in [2.24, 2.45) is 0 Å². The summed E-state index contributed by atoms with van der Waals surface area (Å²) >= 11 is 0. The standard InChI is InChI=1S/C19H25N3O/c1-4-22(5-2)14-17-11-7-6-10-16(17)13-20-19(23)18-12-8-9-15(3)21-18/h6-12H,4-5,13-14H2,1-3H3,(H,20,23). The minimum Gasteiger partial charge on any atom is -0.347 e. The summed E-state index contributed by atoms with van der Waals surface area (Å²) in [6, 6.07) is 13.7. The Labute approximate surface area is 138 Å². The van der Waals surface area contributed by atoms with E-state index >= 15 is 0 Å². The first-order chi connectivity index (χ1) is 11.1. The Bertz CT molecular complexity index is 651. The number of carbonyl (C=O) groups is 1. The van der Waals surface area contributed by atoms with Crippen LogP contribution in [0.15, 0.2) is 42.5 Å². The molecule has 0 aliphatic heterocycles. The second-order valence-electron chi connectivity index (χ2n) is 5.58. The van der Waals surface area contributed by atoms with Crippen molar-refractivity contribution in [3.05, 3.63) is 65.0 Å². The van der Waals surface area contributed by atoms with Gasteiger partial charge in [-0.1, -0.05) is 44.2 Å². The fourth-order valence-corrected chi connectivity index (χ4v) is 2.51. The number of carbonyl (C=O) groups excluding carboxylic acids is 1. The normalized spacial score (nSPS) is 10.8. The number of benzene rings is 1. The van der Waals surface area contributed by atoms with Crippen molar-refractivity contribution in [1.82, 2.24) is 15.2 Å². The molecule has 0 atom stereocenters. The van der Waals surface area contributed by atoms with Crippen LogP contribution in [0.25, 0.3) is 0 Å². The van der Waals surface area contributed by atoms with Crippen LogP contribution < -0.4 is 5.32 Å². The van der Waals surface area contributed by atoms with Crippen LogP contribution >= 0.6 is 0 Å². The summed E-state index contributed by atoms with van der Waals surface area (Å²) < 4.78 is 0. The van der Waals surface area contributed by atoms with Gasteiger partial charge in [0.05, 0.1) is 0 Å². The van der Waals surface area contributed by atoms with E-state index < -0.39 is 0 Å². The third-order valence-corrected chi connectivity index (χ3v) is 3.97. The largest absolute Gasteiger partial charge is 0.347 e. The Balaban J connectivity index is 2.04. The van der Waals surface area contributed by atoms with Gasteiger partial charge in [0.2, 0.25) is 0 Å². The van der Waals surface area contributed by atoms with Crippen LogP contribution in [-0.2, 0) is 13.1 Å². The number of aryl methyl sites for hydroxylation is 1. The van der Waals surface area contributed by atoms with E-state index in [1.54, 1.807) is 6.07 Å². The lowest BCUT2D eigenvalue weighted by Crippen LogP contribution is -2.26. The zero-order valence-electron chi connectivity index (χ0n) is 14.2. The zero-order valence-corrected chi connectivity index (χ0v) is 14.2. The number of hydrogen-bond acceptors (Lipinski definition) is 3. The first-order valence-electron chi connectivity index (χ1n) is 8.15. The summed E-state index contributed by atoms with van der Waals surface area (Å²) in [5, 5.41) is 2.97. The van der Waals surface area contributed by atoms with Crippen LogP contribution in [0.3, 0.4) is 0 Å². The molecule has 0 aliphatic carbocycles. The number of rotatable bonds is 7. The van der Waals surface area contributed by atoms with E-state index in [1.165, 1.54) is 5.56 Å². The summed E-state index contributed by atoms with van der Waals surface area (Å²) in [5.74, 6) is -0.133. The number of amides is 1. The molecule has 4 heteroatoms. The first-order valence-corrected chi connectivity index (χ1v) is 8.15. The molecule has 1 aromatic heterocycles. The SMILES string of the molecule is CCN(CC)Cc1ccccc1CNC(=O)c1cccc(C)n1. The average Bonchev–Trinajstić information content (AvgIpc) is 2.58. The molecule has 0 aliphatic rings. The molecule has 122 valence electrons. The minimum absolute atomic E-state index is 0.133. The van der Waals surface area contributed by atoms with Crippen molar-refractivity contribution < 1.29 is 4.79 Å². The molecule has 1 N–H and O–H groups in total. The third kappa shape index (κ3) is 4.89. The quantitative estimate of drug-likeness (QED) is 0.854. The molecule has 0 radical (unpaired) electrons. The van der Waals surface area contributed by atoms with Gasteiger partial charge >= 0.3 is 0 Å². The van der Waals surface area contributed by atoms with Crippen LogP contribution in [0.1, 0.15) is 41.2 Å². The minimum atomic E-state index is -0.133. The number of nitrogens with zero attached hydrogens (tertiary/aromatic N) is 2. The second-order valence-corrected chi connectivity index (χ2v) is 5.58. The molecule has 23 heavy (non-hydrogen) atoms. The maximum atomic E-state index is 12.2. The van der Waals surface area contributed by atoms with Gasteiger partial charge in [0, 0.05) is 18.8 Å². The predicted molar refractivity (Wildman–Crippen MR) is 93.2 cm³/mol. The van der Waals surface area contributed by atoms with Crippen LogP contribution in [-0.4, -0.2) is 28.9 Å². The summed E-state index contributed by atoms with van der Waals surface area (Å²) in [6.45, 7) is 9.67. The highest BCUT2D eigenvalue weighted by Gasteiger charge is 2.10. The second kappa shape index (κ2) is 8.44. The van der Waals surface area contributed by atoms with Crippen LogP contribution in [0, 0.1) is 6.92 Å². The van der Waals surface area contributed by atoms with Gasteiger partial charge in [0.25, 0.3) is 5.91 Å². The monoisotopic (exact) mass is 311 g/mol. The molecule has 4 nitrogen and oxygen atoms in total. The number of pyridine rings is 1. The Morgan fingerprint density at radius 2 is 1.74 bits per heavy atom. The van der Waals surface area contributed by atoms with Crippen molar-refractivity contribution in [3.8, 4) is 0 Å². The Morgan fingerprint density at radius 1 is 1.04 bits per heavy atom. The maximum Gasteiger partial charge on any atom is 0.270 e. The number of aromatic nitrogens is 1. The maximum absolute atomic E-state index is 12.2. The summed E-state index contributed by atoms with van der Waals surface area (Å²) in [6.07, 6.45) is 0. The molecule has 0 spiro atoms. The highest BCUT2D eigenvalue weighted by Crippen LogP contribution is 2.12. The lowest BCUT2D eigenvalue weighted by atomic mass is 10.1. The smallest absolute Gasteiger partial charge is 0.270 e. The molecule has 1 aromatic carbocycles. The molecule has 2 aromatic rings. The van der Waals surface area contributed by atoms with E-state index in [2.05, 4.69) is 41.2 Å². The zero-order chi connectivity index (χ0) is 16.7. The average molecular weight is 311 g/mol. The van der Waals surface area contributed by atoms with E-state index in [0.29, 0.717) is 12.2 Å². The predicted octanol–water partition coefficient (Wildman–Crippen LogP) is 3.16. The van der Waals surface area contributed by atoms with E-state index in [0.717, 1.165) is 30.9 Å². The van der Waals surface area contributed by atoms with Gasteiger partial charge in [-0.05, 0) is 43.3 Å². The van der Waals surface area contributed by atoms with Crippen LogP contribution in [0.4, 0.5) is 0 Å². The number of hydrogen-bond donors (Lipinski definition) is 1. The molecule has 0 saturated heterocycles. The Kier molecular flexibility index (Phi) is 6.29. The Hall–Kier alpha value is -2.20. The van der Waals surface area contributed by atoms with Gasteiger partial charge in [0.1, 0.15) is 5.69 Å². The topological polar surface area (TPSA) is 45.2 Å². The van der Waals surface area contributed by atoms with Gasteiger partial charge in [-0.15, -0.1) is 0 Å². The molecular weight excluding hydrogens is 286 g/mol. The van der Waals surface area contributed by atoms with Gasteiger partial charge in [-0.2, -0.15) is 0 Å². The number of nitrogens with one attached hydrogen (secondary N) is 1. The van der Waals surface area contributed by atoms with E-state index in [4.69, 9.17) is 0 Å². The summed E-state index contributed by atoms with van der Waals surface area (Å²) in [7, 11) is 0. The highest BCUT2D eigenvalue weighted by molar-refractivity contribution is 5.92. The molecule has 2 rings (SSSR count). The van der Waals surface area contributed by atoms with Crippen molar-refractivity contribution in [3.63, 3.8) is 0 Å². The van der Waals surface area contributed by atoms with E-state index in [9.17, 15) is 4.79 Å². The first kappa shape index (κ1) is 17.2. The van der Waals surface area contributed by atoms with E-state index in [-0.39, 0.29) is 5.91 Å². The van der Waals surface area contributed by atoms with Crippen molar-refractivity contribution >= 4 is 5.91 Å². The van der Waals surface area contributed by atoms with Crippen LogP contribution in [0.2, 0.25) is 0 Å².